The Bertz CT molecular complexity index is 735. The smallest absolute Gasteiger partial charge is 0.305 e. The molecule has 0 unspecified atom stereocenters. The maximum Gasteiger partial charge on any atom is 0.305 e. The third-order valence-corrected chi connectivity index (χ3v) is 4.22. The SMILES string of the molecule is C=C(Oc1ccccc1)c1sc2ccccc2[n+]1C.CN. The van der Waals surface area contributed by atoms with Gasteiger partial charge in [0.2, 0.25) is 11.3 Å². The third kappa shape index (κ3) is 3.29. The number of aryl methyl sites for hydroxylation is 1. The van der Waals surface area contributed by atoms with Crippen LogP contribution in [0.3, 0.4) is 0 Å². The summed E-state index contributed by atoms with van der Waals surface area (Å²) in [5.41, 5.74) is 5.69. The molecular weight excluding hydrogens is 280 g/mol. The Morgan fingerprint density at radius 2 is 1.67 bits per heavy atom. The van der Waals surface area contributed by atoms with E-state index in [4.69, 9.17) is 4.74 Å². The zero-order valence-corrected chi connectivity index (χ0v) is 13.1. The molecular formula is C17H19N2OS+. The number of thiazole rings is 1. The Morgan fingerprint density at radius 3 is 2.33 bits per heavy atom. The highest BCUT2D eigenvalue weighted by atomic mass is 32.1. The lowest BCUT2D eigenvalue weighted by Gasteiger charge is -2.03. The van der Waals surface area contributed by atoms with E-state index in [-0.39, 0.29) is 0 Å². The second kappa shape index (κ2) is 7.02. The molecule has 0 saturated heterocycles. The van der Waals surface area contributed by atoms with E-state index in [1.165, 1.54) is 17.3 Å². The van der Waals surface area contributed by atoms with Crippen molar-refractivity contribution >= 4 is 27.3 Å². The number of hydrogen-bond donors (Lipinski definition) is 1. The molecule has 3 aromatic rings. The number of hydrogen-bond acceptors (Lipinski definition) is 3. The number of ether oxygens (including phenoxy) is 1. The van der Waals surface area contributed by atoms with Crippen LogP contribution in [0.1, 0.15) is 5.01 Å². The van der Waals surface area contributed by atoms with E-state index in [0.29, 0.717) is 5.76 Å². The van der Waals surface area contributed by atoms with Crippen molar-refractivity contribution in [3.63, 3.8) is 0 Å². The maximum absolute atomic E-state index is 5.81. The molecule has 0 amide bonds. The van der Waals surface area contributed by atoms with Gasteiger partial charge < -0.3 is 10.5 Å². The first kappa shape index (κ1) is 15.2. The minimum absolute atomic E-state index is 0.676. The summed E-state index contributed by atoms with van der Waals surface area (Å²) in [6.45, 7) is 4.04. The summed E-state index contributed by atoms with van der Waals surface area (Å²) in [5, 5.41) is 1.03. The van der Waals surface area contributed by atoms with Gasteiger partial charge in [-0.1, -0.05) is 41.7 Å². The second-order valence-electron chi connectivity index (χ2n) is 4.27. The van der Waals surface area contributed by atoms with Crippen molar-refractivity contribution in [2.75, 3.05) is 7.05 Å². The van der Waals surface area contributed by atoms with Gasteiger partial charge in [0, 0.05) is 6.07 Å². The van der Waals surface area contributed by atoms with Crippen molar-refractivity contribution in [3.8, 4) is 5.75 Å². The Hall–Kier alpha value is -2.17. The minimum atomic E-state index is 0.676. The van der Waals surface area contributed by atoms with Gasteiger partial charge in [-0.05, 0) is 31.8 Å². The highest BCUT2D eigenvalue weighted by molar-refractivity contribution is 7.19. The quantitative estimate of drug-likeness (QED) is 0.595. The second-order valence-corrected chi connectivity index (χ2v) is 5.30. The first-order valence-corrected chi connectivity index (χ1v) is 7.45. The van der Waals surface area contributed by atoms with E-state index in [9.17, 15) is 0 Å². The number of nitrogens with two attached hydrogens (primary N) is 1. The van der Waals surface area contributed by atoms with E-state index in [2.05, 4.69) is 29.0 Å². The number of aromatic nitrogens is 1. The van der Waals surface area contributed by atoms with E-state index in [1.54, 1.807) is 11.3 Å². The predicted octanol–water partition coefficient (Wildman–Crippen LogP) is 3.35. The summed E-state index contributed by atoms with van der Waals surface area (Å²) in [6, 6.07) is 18.0. The number of rotatable bonds is 3. The van der Waals surface area contributed by atoms with Crippen LogP contribution in [0, 0.1) is 0 Å². The van der Waals surface area contributed by atoms with E-state index >= 15 is 0 Å². The van der Waals surface area contributed by atoms with Crippen molar-refractivity contribution in [1.29, 1.82) is 0 Å². The van der Waals surface area contributed by atoms with Gasteiger partial charge in [-0.2, -0.15) is 4.57 Å². The number of para-hydroxylation sites is 2. The average molecular weight is 299 g/mol. The summed E-state index contributed by atoms with van der Waals surface area (Å²) in [7, 11) is 3.54. The molecule has 0 bridgehead atoms. The Kier molecular flexibility index (Phi) is 5.09. The van der Waals surface area contributed by atoms with Crippen molar-refractivity contribution < 1.29 is 9.30 Å². The molecule has 0 atom stereocenters. The van der Waals surface area contributed by atoms with Crippen LogP contribution < -0.4 is 15.0 Å². The Balaban J connectivity index is 0.000000774. The molecule has 0 aliphatic carbocycles. The highest BCUT2D eigenvalue weighted by Gasteiger charge is 2.20. The monoisotopic (exact) mass is 299 g/mol. The van der Waals surface area contributed by atoms with Crippen molar-refractivity contribution in [2.24, 2.45) is 12.8 Å². The summed E-state index contributed by atoms with van der Waals surface area (Å²) in [5.74, 6) is 1.49. The van der Waals surface area contributed by atoms with Gasteiger partial charge in [0.25, 0.3) is 0 Å². The fourth-order valence-electron chi connectivity index (χ4n) is 2.02. The standard InChI is InChI=1S/C16H14NOS.CH5N/c1-12(18-13-8-4-3-5-9-13)16-17(2)14-10-6-7-11-15(14)19-16;1-2/h3-11H,1H2,2H3;2H2,1H3/q+1;. The van der Waals surface area contributed by atoms with Crippen molar-refractivity contribution in [2.45, 2.75) is 0 Å². The zero-order valence-electron chi connectivity index (χ0n) is 12.2. The molecule has 2 N–H and O–H groups in total. The molecule has 2 aromatic carbocycles. The summed E-state index contributed by atoms with van der Waals surface area (Å²) in [4.78, 5) is 0. The number of benzene rings is 2. The number of nitrogens with zero attached hydrogens (tertiary/aromatic N) is 1. The third-order valence-electron chi connectivity index (χ3n) is 2.96. The molecule has 0 aliphatic rings. The molecule has 0 aliphatic heterocycles. The summed E-state index contributed by atoms with van der Waals surface area (Å²) in [6.07, 6.45) is 0. The molecule has 0 spiro atoms. The van der Waals surface area contributed by atoms with Crippen LogP contribution in [0.15, 0.2) is 61.2 Å². The van der Waals surface area contributed by atoms with Crippen LogP contribution >= 0.6 is 11.3 Å². The normalized spacial score (nSPS) is 9.86. The van der Waals surface area contributed by atoms with Gasteiger partial charge in [0.15, 0.2) is 0 Å². The van der Waals surface area contributed by atoms with E-state index < -0.39 is 0 Å². The molecule has 0 radical (unpaired) electrons. The first-order valence-electron chi connectivity index (χ1n) is 6.63. The summed E-state index contributed by atoms with van der Waals surface area (Å²) < 4.78 is 9.16. The van der Waals surface area contributed by atoms with E-state index in [0.717, 1.165) is 10.8 Å². The van der Waals surface area contributed by atoms with Crippen LogP contribution in [0.5, 0.6) is 5.75 Å². The predicted molar refractivity (Wildman–Crippen MR) is 89.2 cm³/mol. The average Bonchev–Trinajstić information content (AvgIpc) is 2.88. The van der Waals surface area contributed by atoms with Crippen LogP contribution in [0.4, 0.5) is 0 Å². The van der Waals surface area contributed by atoms with Gasteiger partial charge >= 0.3 is 5.01 Å². The maximum atomic E-state index is 5.81. The molecule has 108 valence electrons. The lowest BCUT2D eigenvalue weighted by molar-refractivity contribution is -0.643. The van der Waals surface area contributed by atoms with E-state index in [1.807, 2.05) is 49.5 Å². The molecule has 21 heavy (non-hydrogen) atoms. The Morgan fingerprint density at radius 1 is 1.05 bits per heavy atom. The lowest BCUT2D eigenvalue weighted by atomic mass is 10.3. The Labute approximate surface area is 128 Å². The molecule has 1 aromatic heterocycles. The van der Waals surface area contributed by atoms with Crippen molar-refractivity contribution in [3.05, 3.63) is 66.2 Å². The van der Waals surface area contributed by atoms with Gasteiger partial charge in [-0.15, -0.1) is 0 Å². The minimum Gasteiger partial charge on any atom is -0.450 e. The van der Waals surface area contributed by atoms with Crippen molar-refractivity contribution in [1.82, 2.24) is 0 Å². The van der Waals surface area contributed by atoms with Crippen LogP contribution in [-0.2, 0) is 7.05 Å². The highest BCUT2D eigenvalue weighted by Crippen LogP contribution is 2.26. The van der Waals surface area contributed by atoms with Gasteiger partial charge in [0.1, 0.15) is 17.5 Å². The molecule has 1 heterocycles. The summed E-state index contributed by atoms with van der Waals surface area (Å²) >= 11 is 1.69. The number of fused-ring (bicyclic) bond motifs is 1. The molecule has 0 saturated carbocycles. The van der Waals surface area contributed by atoms with Gasteiger partial charge in [0.05, 0.1) is 0 Å². The fraction of sp³-hybridized carbons (Fsp3) is 0.118. The van der Waals surface area contributed by atoms with Crippen LogP contribution in [0.25, 0.3) is 16.0 Å². The lowest BCUT2D eigenvalue weighted by Crippen LogP contribution is -2.30. The fourth-order valence-corrected chi connectivity index (χ4v) is 3.08. The van der Waals surface area contributed by atoms with Gasteiger partial charge in [-0.25, -0.2) is 0 Å². The molecule has 3 rings (SSSR count). The van der Waals surface area contributed by atoms with Gasteiger partial charge in [-0.3, -0.25) is 0 Å². The molecule has 0 fully saturated rings. The molecule has 4 heteroatoms. The zero-order chi connectivity index (χ0) is 15.2. The van der Waals surface area contributed by atoms with Crippen LogP contribution in [-0.4, -0.2) is 7.05 Å². The largest absolute Gasteiger partial charge is 0.450 e. The van der Waals surface area contributed by atoms with Crippen LogP contribution in [0.2, 0.25) is 0 Å². The topological polar surface area (TPSA) is 39.1 Å². The molecule has 3 nitrogen and oxygen atoms in total. The first-order chi connectivity index (χ1) is 10.3.